The van der Waals surface area contributed by atoms with Gasteiger partial charge in [0.15, 0.2) is 17.1 Å². The molecule has 0 bridgehead atoms. The summed E-state index contributed by atoms with van der Waals surface area (Å²) in [5.74, 6) is -1.16. The van der Waals surface area contributed by atoms with E-state index in [-0.39, 0.29) is 23.5 Å². The van der Waals surface area contributed by atoms with Crippen LogP contribution in [0.3, 0.4) is 0 Å². The second kappa shape index (κ2) is 6.73. The van der Waals surface area contributed by atoms with Gasteiger partial charge in [-0.3, -0.25) is 4.79 Å². The topological polar surface area (TPSA) is 63.6 Å². The lowest BCUT2D eigenvalue weighted by molar-refractivity contribution is -0.148. The molecule has 0 aliphatic carbocycles. The third-order valence-corrected chi connectivity index (χ3v) is 3.52. The molecule has 0 amide bonds. The number of aliphatic hydroxyl groups excluding tert-OH is 1. The molecule has 0 aromatic rings. The van der Waals surface area contributed by atoms with Crippen LogP contribution in [0.5, 0.6) is 0 Å². The van der Waals surface area contributed by atoms with E-state index >= 15 is 0 Å². The number of ether oxygens (including phenoxy) is 1. The van der Waals surface area contributed by atoms with Crippen molar-refractivity contribution in [1.82, 2.24) is 0 Å². The number of carbonyl (C=O) groups is 2. The Morgan fingerprint density at radius 3 is 2.47 bits per heavy atom. The zero-order valence-electron chi connectivity index (χ0n) is 12.1. The summed E-state index contributed by atoms with van der Waals surface area (Å²) in [5.41, 5.74) is -1.15. The van der Waals surface area contributed by atoms with Gasteiger partial charge >= 0.3 is 5.97 Å². The second-order valence-electron chi connectivity index (χ2n) is 5.33. The summed E-state index contributed by atoms with van der Waals surface area (Å²) < 4.78 is 5.24. The highest BCUT2D eigenvalue weighted by atomic mass is 16.6. The number of aliphatic hydroxyl groups is 1. The number of unbranched alkanes of at least 4 members (excludes halogenated alkanes) is 3. The first-order valence-electron chi connectivity index (χ1n) is 7.16. The van der Waals surface area contributed by atoms with Crippen molar-refractivity contribution < 1.29 is 19.4 Å². The fraction of sp³-hybridized carbons (Fsp3) is 0.733. The minimum absolute atomic E-state index is 0.139. The van der Waals surface area contributed by atoms with E-state index in [1.54, 1.807) is 6.92 Å². The lowest BCUT2D eigenvalue weighted by Gasteiger charge is -2.23. The molecule has 4 nitrogen and oxygen atoms in total. The first-order chi connectivity index (χ1) is 8.96. The van der Waals surface area contributed by atoms with Gasteiger partial charge in [-0.1, -0.05) is 33.1 Å². The fourth-order valence-electron chi connectivity index (χ4n) is 2.32. The molecule has 0 radical (unpaired) electrons. The normalized spacial score (nSPS) is 22.8. The molecular formula is C15H24O4. The molecule has 108 valence electrons. The fourth-order valence-corrected chi connectivity index (χ4v) is 2.32. The van der Waals surface area contributed by atoms with Crippen LogP contribution in [0, 0.1) is 0 Å². The molecule has 1 N–H and O–H groups in total. The monoisotopic (exact) mass is 268 g/mol. The molecule has 1 unspecified atom stereocenters. The molecule has 0 spiro atoms. The highest BCUT2D eigenvalue weighted by Crippen LogP contribution is 2.36. The summed E-state index contributed by atoms with van der Waals surface area (Å²) >= 11 is 0. The van der Waals surface area contributed by atoms with Gasteiger partial charge in [0.1, 0.15) is 5.57 Å². The van der Waals surface area contributed by atoms with Gasteiger partial charge in [0.25, 0.3) is 0 Å². The number of hydrogen-bond donors (Lipinski definition) is 1. The maximum atomic E-state index is 11.8. The Balaban J connectivity index is 2.76. The van der Waals surface area contributed by atoms with Crippen LogP contribution < -0.4 is 0 Å². The van der Waals surface area contributed by atoms with E-state index < -0.39 is 11.6 Å². The van der Waals surface area contributed by atoms with Crippen molar-refractivity contribution >= 4 is 11.8 Å². The highest BCUT2D eigenvalue weighted by molar-refractivity contribution is 6.19. The van der Waals surface area contributed by atoms with Gasteiger partial charge in [-0.15, -0.1) is 0 Å². The minimum atomic E-state index is -1.01. The van der Waals surface area contributed by atoms with Crippen molar-refractivity contribution in [3.05, 3.63) is 11.3 Å². The number of ketones is 1. The molecule has 1 rings (SSSR count). The van der Waals surface area contributed by atoms with Gasteiger partial charge in [-0.2, -0.15) is 0 Å². The summed E-state index contributed by atoms with van der Waals surface area (Å²) in [4.78, 5) is 23.6. The number of Topliss-reactive ketones (excluding diaryl/α,β-unsaturated/α-hetero) is 1. The molecule has 1 aliphatic rings. The summed E-state index contributed by atoms with van der Waals surface area (Å²) in [5, 5.41) is 10.1. The van der Waals surface area contributed by atoms with E-state index in [0.717, 1.165) is 25.7 Å². The van der Waals surface area contributed by atoms with E-state index in [9.17, 15) is 14.7 Å². The van der Waals surface area contributed by atoms with Crippen LogP contribution in [-0.2, 0) is 14.3 Å². The molecule has 0 fully saturated rings. The number of carbonyl (C=O) groups excluding carboxylic acids is 2. The summed E-state index contributed by atoms with van der Waals surface area (Å²) in [6, 6.07) is 0. The SMILES string of the molecule is CCCCCCC1(C)OC(=O)C(C(=O)CCC)=C1O. The third kappa shape index (κ3) is 3.58. The molecule has 0 aromatic heterocycles. The minimum Gasteiger partial charge on any atom is -0.507 e. The number of cyclic esters (lactones) is 1. The number of rotatable bonds is 8. The Hall–Kier alpha value is -1.32. The molecule has 0 saturated carbocycles. The van der Waals surface area contributed by atoms with E-state index in [4.69, 9.17) is 4.74 Å². The van der Waals surface area contributed by atoms with E-state index in [0.29, 0.717) is 12.8 Å². The lowest BCUT2D eigenvalue weighted by atomic mass is 9.93. The average molecular weight is 268 g/mol. The zero-order valence-corrected chi connectivity index (χ0v) is 12.1. The summed E-state index contributed by atoms with van der Waals surface area (Å²) in [6.45, 7) is 5.66. The lowest BCUT2D eigenvalue weighted by Crippen LogP contribution is -2.27. The molecule has 1 heterocycles. The Morgan fingerprint density at radius 2 is 1.89 bits per heavy atom. The van der Waals surface area contributed by atoms with Gasteiger partial charge < -0.3 is 9.84 Å². The predicted octanol–water partition coefficient (Wildman–Crippen LogP) is 3.45. The maximum Gasteiger partial charge on any atom is 0.346 e. The number of esters is 1. The van der Waals surface area contributed by atoms with E-state index in [1.807, 2.05) is 6.92 Å². The molecule has 0 saturated heterocycles. The highest BCUT2D eigenvalue weighted by Gasteiger charge is 2.46. The van der Waals surface area contributed by atoms with Crippen LogP contribution >= 0.6 is 0 Å². The Kier molecular flexibility index (Phi) is 5.58. The maximum absolute atomic E-state index is 11.8. The van der Waals surface area contributed by atoms with Gasteiger partial charge in [0, 0.05) is 6.42 Å². The van der Waals surface area contributed by atoms with Gasteiger partial charge in [-0.25, -0.2) is 4.79 Å². The van der Waals surface area contributed by atoms with Gasteiger partial charge in [0.2, 0.25) is 0 Å². The molecule has 1 atom stereocenters. The first-order valence-corrected chi connectivity index (χ1v) is 7.16. The Bertz CT molecular complexity index is 384. The predicted molar refractivity (Wildman–Crippen MR) is 72.8 cm³/mol. The Morgan fingerprint density at radius 1 is 1.21 bits per heavy atom. The van der Waals surface area contributed by atoms with Crippen LogP contribution in [0.2, 0.25) is 0 Å². The smallest absolute Gasteiger partial charge is 0.346 e. The molecule has 19 heavy (non-hydrogen) atoms. The zero-order chi connectivity index (χ0) is 14.5. The standard InChI is InChI=1S/C15H24O4/c1-4-6-7-8-10-15(3)13(17)12(14(18)19-15)11(16)9-5-2/h17H,4-10H2,1-3H3. The molecular weight excluding hydrogens is 244 g/mol. The molecule has 1 aliphatic heterocycles. The van der Waals surface area contributed by atoms with Crippen molar-refractivity contribution in [2.24, 2.45) is 0 Å². The van der Waals surface area contributed by atoms with Crippen molar-refractivity contribution in [2.75, 3.05) is 0 Å². The number of hydrogen-bond acceptors (Lipinski definition) is 4. The molecule has 0 aromatic carbocycles. The average Bonchev–Trinajstić information content (AvgIpc) is 2.56. The van der Waals surface area contributed by atoms with Crippen LogP contribution in [-0.4, -0.2) is 22.5 Å². The van der Waals surface area contributed by atoms with Crippen LogP contribution in [0.15, 0.2) is 11.3 Å². The van der Waals surface area contributed by atoms with Gasteiger partial charge in [0.05, 0.1) is 0 Å². The van der Waals surface area contributed by atoms with Crippen molar-refractivity contribution in [3.63, 3.8) is 0 Å². The molecule has 4 heteroatoms. The Labute approximate surface area is 114 Å². The van der Waals surface area contributed by atoms with E-state index in [2.05, 4.69) is 6.92 Å². The van der Waals surface area contributed by atoms with Crippen LogP contribution in [0.25, 0.3) is 0 Å². The van der Waals surface area contributed by atoms with Crippen LogP contribution in [0.4, 0.5) is 0 Å². The van der Waals surface area contributed by atoms with Crippen molar-refractivity contribution in [3.8, 4) is 0 Å². The van der Waals surface area contributed by atoms with E-state index in [1.165, 1.54) is 0 Å². The third-order valence-electron chi connectivity index (χ3n) is 3.52. The first kappa shape index (κ1) is 15.7. The summed E-state index contributed by atoms with van der Waals surface area (Å²) in [7, 11) is 0. The summed E-state index contributed by atoms with van der Waals surface area (Å²) in [6.07, 6.45) is 5.63. The largest absolute Gasteiger partial charge is 0.507 e. The van der Waals surface area contributed by atoms with Crippen molar-refractivity contribution in [1.29, 1.82) is 0 Å². The van der Waals surface area contributed by atoms with Crippen molar-refractivity contribution in [2.45, 2.75) is 71.3 Å². The van der Waals surface area contributed by atoms with Crippen LogP contribution in [0.1, 0.15) is 65.7 Å². The second-order valence-corrected chi connectivity index (χ2v) is 5.33. The quantitative estimate of drug-likeness (QED) is 0.416. The van der Waals surface area contributed by atoms with Gasteiger partial charge in [-0.05, 0) is 26.2 Å².